The van der Waals surface area contributed by atoms with Crippen molar-refractivity contribution in [2.45, 2.75) is 57.3 Å². The number of benzene rings is 1. The maximum absolute atomic E-state index is 6.27. The first-order valence-corrected chi connectivity index (χ1v) is 10.3. The molecular formula is C22H33NO3. The molecule has 3 heterocycles. The minimum atomic E-state index is 0.0735. The third kappa shape index (κ3) is 4.66. The van der Waals surface area contributed by atoms with Crippen LogP contribution in [0.1, 0.15) is 43.2 Å². The quantitative estimate of drug-likeness (QED) is 0.804. The first-order chi connectivity index (χ1) is 12.7. The van der Waals surface area contributed by atoms with Crippen LogP contribution in [-0.2, 0) is 20.8 Å². The molecule has 0 amide bonds. The van der Waals surface area contributed by atoms with Crippen LogP contribution in [0.4, 0.5) is 0 Å². The van der Waals surface area contributed by atoms with Crippen LogP contribution >= 0.6 is 0 Å². The van der Waals surface area contributed by atoms with E-state index >= 15 is 0 Å². The van der Waals surface area contributed by atoms with E-state index in [2.05, 4.69) is 36.1 Å². The van der Waals surface area contributed by atoms with Crippen LogP contribution in [0, 0.1) is 12.8 Å². The summed E-state index contributed by atoms with van der Waals surface area (Å²) in [6, 6.07) is 8.93. The molecule has 0 N–H and O–H groups in total. The zero-order valence-corrected chi connectivity index (χ0v) is 16.1. The number of ether oxygens (including phenoxy) is 3. The summed E-state index contributed by atoms with van der Waals surface area (Å²) in [5.74, 6) is 0.677. The molecule has 4 nitrogen and oxygen atoms in total. The van der Waals surface area contributed by atoms with Gasteiger partial charge in [-0.25, -0.2) is 0 Å². The van der Waals surface area contributed by atoms with Crippen molar-refractivity contribution in [1.82, 2.24) is 4.90 Å². The number of likely N-dealkylation sites (tertiary alicyclic amines) is 1. The highest BCUT2D eigenvalue weighted by molar-refractivity contribution is 5.21. The molecule has 4 rings (SSSR count). The van der Waals surface area contributed by atoms with Crippen molar-refractivity contribution in [2.75, 3.05) is 39.5 Å². The van der Waals surface area contributed by atoms with Gasteiger partial charge in [-0.1, -0.05) is 29.8 Å². The third-order valence-electron chi connectivity index (χ3n) is 6.38. The Morgan fingerprint density at radius 1 is 1.12 bits per heavy atom. The van der Waals surface area contributed by atoms with E-state index in [1.54, 1.807) is 0 Å². The Kier molecular flexibility index (Phi) is 5.94. The molecule has 3 aliphatic rings. The summed E-state index contributed by atoms with van der Waals surface area (Å²) >= 11 is 0. The molecule has 0 aromatic heterocycles. The minimum absolute atomic E-state index is 0.0735. The van der Waals surface area contributed by atoms with Gasteiger partial charge in [-0.2, -0.15) is 0 Å². The monoisotopic (exact) mass is 359 g/mol. The van der Waals surface area contributed by atoms with Crippen LogP contribution < -0.4 is 0 Å². The van der Waals surface area contributed by atoms with Gasteiger partial charge < -0.3 is 14.2 Å². The van der Waals surface area contributed by atoms with Gasteiger partial charge >= 0.3 is 0 Å². The maximum Gasteiger partial charge on any atom is 0.0836 e. The summed E-state index contributed by atoms with van der Waals surface area (Å²) in [5, 5.41) is 0. The van der Waals surface area contributed by atoms with Crippen molar-refractivity contribution >= 4 is 0 Å². The van der Waals surface area contributed by atoms with E-state index in [1.807, 2.05) is 0 Å². The maximum atomic E-state index is 6.27. The number of nitrogens with zero attached hydrogens (tertiary/aromatic N) is 1. The molecule has 0 aliphatic carbocycles. The number of hydrogen-bond donors (Lipinski definition) is 0. The lowest BCUT2D eigenvalue weighted by Gasteiger charge is -2.38. The second kappa shape index (κ2) is 8.39. The normalized spacial score (nSPS) is 27.2. The van der Waals surface area contributed by atoms with E-state index in [0.29, 0.717) is 12.0 Å². The molecule has 0 saturated carbocycles. The average molecular weight is 360 g/mol. The molecule has 26 heavy (non-hydrogen) atoms. The van der Waals surface area contributed by atoms with Gasteiger partial charge in [-0.15, -0.1) is 0 Å². The predicted molar refractivity (Wildman–Crippen MR) is 102 cm³/mol. The van der Waals surface area contributed by atoms with E-state index in [9.17, 15) is 0 Å². The Morgan fingerprint density at radius 2 is 1.85 bits per heavy atom. The molecule has 1 aromatic carbocycles. The second-order valence-electron chi connectivity index (χ2n) is 8.47. The Bertz CT molecular complexity index is 559. The minimum Gasteiger partial charge on any atom is -0.381 e. The summed E-state index contributed by atoms with van der Waals surface area (Å²) in [4.78, 5) is 2.56. The van der Waals surface area contributed by atoms with Crippen molar-refractivity contribution in [1.29, 1.82) is 0 Å². The van der Waals surface area contributed by atoms with Crippen LogP contribution in [0.25, 0.3) is 0 Å². The van der Waals surface area contributed by atoms with Crippen molar-refractivity contribution < 1.29 is 14.2 Å². The highest BCUT2D eigenvalue weighted by Crippen LogP contribution is 2.37. The van der Waals surface area contributed by atoms with Gasteiger partial charge in [0.25, 0.3) is 0 Å². The van der Waals surface area contributed by atoms with Crippen molar-refractivity contribution in [3.63, 3.8) is 0 Å². The van der Waals surface area contributed by atoms with E-state index in [1.165, 1.54) is 11.1 Å². The van der Waals surface area contributed by atoms with Crippen LogP contribution in [0.3, 0.4) is 0 Å². The molecule has 1 spiro atoms. The van der Waals surface area contributed by atoms with Gasteiger partial charge in [0, 0.05) is 39.3 Å². The van der Waals surface area contributed by atoms with Gasteiger partial charge in [-0.05, 0) is 44.1 Å². The van der Waals surface area contributed by atoms with Crippen LogP contribution in [0.15, 0.2) is 24.3 Å². The highest BCUT2D eigenvalue weighted by atomic mass is 16.6. The fraction of sp³-hybridized carbons (Fsp3) is 0.727. The fourth-order valence-corrected chi connectivity index (χ4v) is 4.51. The highest BCUT2D eigenvalue weighted by Gasteiger charge is 2.43. The molecule has 3 fully saturated rings. The van der Waals surface area contributed by atoms with Crippen molar-refractivity contribution in [2.24, 2.45) is 5.92 Å². The van der Waals surface area contributed by atoms with Crippen molar-refractivity contribution in [3.05, 3.63) is 35.4 Å². The largest absolute Gasteiger partial charge is 0.381 e. The first kappa shape index (κ1) is 18.4. The Labute approximate surface area is 157 Å². The van der Waals surface area contributed by atoms with E-state index in [-0.39, 0.29) is 5.60 Å². The summed E-state index contributed by atoms with van der Waals surface area (Å²) in [6.45, 7) is 8.91. The van der Waals surface area contributed by atoms with Crippen LogP contribution in [0.2, 0.25) is 0 Å². The number of rotatable bonds is 5. The summed E-state index contributed by atoms with van der Waals surface area (Å²) in [7, 11) is 0. The standard InChI is InChI=1S/C22H33NO3/c1-18-2-4-19(5-3-18)15-23-10-8-22(9-11-23)14-21(17-26-22)25-16-20-6-12-24-13-7-20/h2-5,20-21H,6-17H2,1H3. The van der Waals surface area contributed by atoms with Crippen molar-refractivity contribution in [3.8, 4) is 0 Å². The molecule has 1 aromatic rings. The molecule has 1 atom stereocenters. The number of aryl methyl sites for hydroxylation is 1. The fourth-order valence-electron chi connectivity index (χ4n) is 4.51. The third-order valence-corrected chi connectivity index (χ3v) is 6.38. The lowest BCUT2D eigenvalue weighted by molar-refractivity contribution is -0.0479. The van der Waals surface area contributed by atoms with Crippen LogP contribution in [-0.4, -0.2) is 56.1 Å². The SMILES string of the molecule is Cc1ccc(CN2CCC3(CC2)CC(OCC2CCOCC2)CO3)cc1. The zero-order valence-electron chi connectivity index (χ0n) is 16.1. The number of piperidine rings is 1. The second-order valence-corrected chi connectivity index (χ2v) is 8.47. The van der Waals surface area contributed by atoms with Gasteiger partial charge in [0.1, 0.15) is 0 Å². The summed E-state index contributed by atoms with van der Waals surface area (Å²) in [5.41, 5.74) is 2.82. The predicted octanol–water partition coefficient (Wildman–Crippen LogP) is 3.56. The zero-order chi connectivity index (χ0) is 17.8. The van der Waals surface area contributed by atoms with Gasteiger partial charge in [-0.3, -0.25) is 4.90 Å². The smallest absolute Gasteiger partial charge is 0.0836 e. The topological polar surface area (TPSA) is 30.9 Å². The molecule has 3 aliphatic heterocycles. The summed E-state index contributed by atoms with van der Waals surface area (Å²) < 4.78 is 17.9. The lowest BCUT2D eigenvalue weighted by Crippen LogP contribution is -2.44. The van der Waals surface area contributed by atoms with E-state index in [0.717, 1.165) is 78.2 Å². The van der Waals surface area contributed by atoms with E-state index < -0.39 is 0 Å². The number of hydrogen-bond acceptors (Lipinski definition) is 4. The molecule has 3 saturated heterocycles. The Morgan fingerprint density at radius 3 is 2.58 bits per heavy atom. The molecule has 0 bridgehead atoms. The first-order valence-electron chi connectivity index (χ1n) is 10.3. The molecule has 0 radical (unpaired) electrons. The van der Waals surface area contributed by atoms with E-state index in [4.69, 9.17) is 14.2 Å². The summed E-state index contributed by atoms with van der Waals surface area (Å²) in [6.07, 6.45) is 5.93. The Hall–Kier alpha value is -0.940. The van der Waals surface area contributed by atoms with Gasteiger partial charge in [0.2, 0.25) is 0 Å². The lowest BCUT2D eigenvalue weighted by atomic mass is 9.87. The Balaban J connectivity index is 1.20. The molecule has 4 heteroatoms. The molecule has 144 valence electrons. The molecular weight excluding hydrogens is 326 g/mol. The van der Waals surface area contributed by atoms with Crippen LogP contribution in [0.5, 0.6) is 0 Å². The average Bonchev–Trinajstić information content (AvgIpc) is 3.08. The van der Waals surface area contributed by atoms with Gasteiger partial charge in [0.15, 0.2) is 0 Å². The van der Waals surface area contributed by atoms with Gasteiger partial charge in [0.05, 0.1) is 24.9 Å². The molecule has 1 unspecified atom stereocenters.